The molecule has 1 unspecified atom stereocenters. The molecule has 1 aromatic carbocycles. The van der Waals surface area contributed by atoms with Crippen molar-refractivity contribution in [2.45, 2.75) is 18.9 Å². The average molecular weight is 355 g/mol. The molecule has 0 aliphatic carbocycles. The molecule has 2 aromatic rings. The predicted molar refractivity (Wildman–Crippen MR) is 97.4 cm³/mol. The fraction of sp³-hybridized carbons (Fsp3) is 0.316. The van der Waals surface area contributed by atoms with Crippen LogP contribution in [0.5, 0.6) is 0 Å². The van der Waals surface area contributed by atoms with E-state index >= 15 is 0 Å². The molecule has 1 saturated heterocycles. The standard InChI is InChI=1S/C19H21N3O4/c1-25-19(24)13-4-7-15(8-5-13)22-18(23)14-6-9-17(20-11-14)21-12-16-3-2-10-26-16/h4-9,11,16H,2-3,10,12H2,1H3,(H,20,21)(H,22,23). The molecule has 0 spiro atoms. The van der Waals surface area contributed by atoms with Crippen LogP contribution >= 0.6 is 0 Å². The topological polar surface area (TPSA) is 89.5 Å². The molecule has 1 fully saturated rings. The third-order valence-electron chi connectivity index (χ3n) is 4.12. The molecule has 7 heteroatoms. The van der Waals surface area contributed by atoms with Gasteiger partial charge in [-0.3, -0.25) is 4.79 Å². The Kier molecular flexibility index (Phi) is 5.80. The number of pyridine rings is 1. The fourth-order valence-corrected chi connectivity index (χ4v) is 2.67. The molecular formula is C19H21N3O4. The van der Waals surface area contributed by atoms with Crippen LogP contribution < -0.4 is 10.6 Å². The molecule has 0 saturated carbocycles. The van der Waals surface area contributed by atoms with Gasteiger partial charge in [0.1, 0.15) is 5.82 Å². The Morgan fingerprint density at radius 3 is 2.58 bits per heavy atom. The minimum atomic E-state index is -0.418. The van der Waals surface area contributed by atoms with Crippen molar-refractivity contribution in [3.63, 3.8) is 0 Å². The Labute approximate surface area is 151 Å². The van der Waals surface area contributed by atoms with Gasteiger partial charge in [-0.15, -0.1) is 0 Å². The van der Waals surface area contributed by atoms with E-state index in [9.17, 15) is 9.59 Å². The van der Waals surface area contributed by atoms with Crippen molar-refractivity contribution in [3.8, 4) is 0 Å². The Balaban J connectivity index is 1.54. The summed E-state index contributed by atoms with van der Waals surface area (Å²) >= 11 is 0. The lowest BCUT2D eigenvalue weighted by Gasteiger charge is -2.11. The Hall–Kier alpha value is -2.93. The lowest BCUT2D eigenvalue weighted by Crippen LogP contribution is -2.19. The summed E-state index contributed by atoms with van der Waals surface area (Å²) in [6.45, 7) is 1.53. The number of aromatic nitrogens is 1. The van der Waals surface area contributed by atoms with E-state index in [0.717, 1.165) is 19.4 Å². The van der Waals surface area contributed by atoms with Crippen molar-refractivity contribution in [2.24, 2.45) is 0 Å². The van der Waals surface area contributed by atoms with E-state index in [0.29, 0.717) is 29.2 Å². The van der Waals surface area contributed by atoms with Gasteiger partial charge >= 0.3 is 5.97 Å². The minimum absolute atomic E-state index is 0.229. The highest BCUT2D eigenvalue weighted by atomic mass is 16.5. The summed E-state index contributed by atoms with van der Waals surface area (Å²) in [5.41, 5.74) is 1.46. The van der Waals surface area contributed by atoms with E-state index in [-0.39, 0.29) is 12.0 Å². The van der Waals surface area contributed by atoms with Gasteiger partial charge in [-0.2, -0.15) is 0 Å². The van der Waals surface area contributed by atoms with E-state index < -0.39 is 5.97 Å². The number of nitrogens with one attached hydrogen (secondary N) is 2. The fourth-order valence-electron chi connectivity index (χ4n) is 2.67. The molecule has 26 heavy (non-hydrogen) atoms. The van der Waals surface area contributed by atoms with Crippen molar-refractivity contribution >= 4 is 23.4 Å². The van der Waals surface area contributed by atoms with Crippen molar-refractivity contribution < 1.29 is 19.1 Å². The van der Waals surface area contributed by atoms with E-state index in [1.165, 1.54) is 13.3 Å². The summed E-state index contributed by atoms with van der Waals surface area (Å²) in [6, 6.07) is 9.97. The number of nitrogens with zero attached hydrogens (tertiary/aromatic N) is 1. The first-order chi connectivity index (χ1) is 12.7. The maximum absolute atomic E-state index is 12.3. The average Bonchev–Trinajstić information content (AvgIpc) is 3.20. The zero-order valence-electron chi connectivity index (χ0n) is 14.5. The zero-order chi connectivity index (χ0) is 18.4. The van der Waals surface area contributed by atoms with Gasteiger partial charge in [-0.1, -0.05) is 0 Å². The quantitative estimate of drug-likeness (QED) is 0.775. The number of esters is 1. The highest BCUT2D eigenvalue weighted by Gasteiger charge is 2.15. The molecule has 1 aliphatic rings. The molecule has 2 heterocycles. The van der Waals surface area contributed by atoms with Crippen LogP contribution in [-0.2, 0) is 9.47 Å². The molecular weight excluding hydrogens is 334 g/mol. The van der Waals surface area contributed by atoms with Gasteiger partial charge in [-0.25, -0.2) is 9.78 Å². The maximum atomic E-state index is 12.3. The molecule has 1 aromatic heterocycles. The molecule has 7 nitrogen and oxygen atoms in total. The van der Waals surface area contributed by atoms with Gasteiger partial charge in [0, 0.05) is 25.0 Å². The van der Waals surface area contributed by atoms with Crippen LogP contribution in [0.15, 0.2) is 42.6 Å². The van der Waals surface area contributed by atoms with Crippen LogP contribution in [-0.4, -0.2) is 43.2 Å². The SMILES string of the molecule is COC(=O)c1ccc(NC(=O)c2ccc(NCC3CCCO3)nc2)cc1. The van der Waals surface area contributed by atoms with Crippen LogP contribution in [0, 0.1) is 0 Å². The number of rotatable bonds is 6. The van der Waals surface area contributed by atoms with Crippen LogP contribution in [0.2, 0.25) is 0 Å². The van der Waals surface area contributed by atoms with Crippen LogP contribution in [0.4, 0.5) is 11.5 Å². The second kappa shape index (κ2) is 8.44. The number of carbonyl (C=O) groups is 2. The van der Waals surface area contributed by atoms with E-state index in [4.69, 9.17) is 4.74 Å². The summed E-state index contributed by atoms with van der Waals surface area (Å²) in [6.07, 6.45) is 3.91. The van der Waals surface area contributed by atoms with Crippen LogP contribution in [0.3, 0.4) is 0 Å². The third kappa shape index (κ3) is 4.58. The second-order valence-corrected chi connectivity index (χ2v) is 5.97. The highest BCUT2D eigenvalue weighted by molar-refractivity contribution is 6.04. The third-order valence-corrected chi connectivity index (χ3v) is 4.12. The van der Waals surface area contributed by atoms with E-state index in [1.807, 2.05) is 0 Å². The van der Waals surface area contributed by atoms with E-state index in [2.05, 4.69) is 20.4 Å². The van der Waals surface area contributed by atoms with Crippen molar-refractivity contribution in [3.05, 3.63) is 53.7 Å². The molecule has 1 atom stereocenters. The van der Waals surface area contributed by atoms with Gasteiger partial charge in [0.25, 0.3) is 5.91 Å². The molecule has 0 bridgehead atoms. The summed E-state index contributed by atoms with van der Waals surface area (Å²) in [5.74, 6) is 0.0200. The number of benzene rings is 1. The highest BCUT2D eigenvalue weighted by Crippen LogP contribution is 2.15. The normalized spacial score (nSPS) is 16.1. The van der Waals surface area contributed by atoms with Crippen molar-refractivity contribution in [1.29, 1.82) is 0 Å². The number of carbonyl (C=O) groups excluding carboxylic acids is 2. The molecule has 3 rings (SSSR count). The number of ether oxygens (including phenoxy) is 2. The van der Waals surface area contributed by atoms with Gasteiger partial charge in [0.2, 0.25) is 0 Å². The van der Waals surface area contributed by atoms with Crippen LogP contribution in [0.25, 0.3) is 0 Å². The van der Waals surface area contributed by atoms with E-state index in [1.54, 1.807) is 36.4 Å². The number of hydrogen-bond acceptors (Lipinski definition) is 6. The Bertz CT molecular complexity index is 753. The Morgan fingerprint density at radius 2 is 1.96 bits per heavy atom. The summed E-state index contributed by atoms with van der Waals surface area (Å²) < 4.78 is 10.2. The van der Waals surface area contributed by atoms with Crippen LogP contribution in [0.1, 0.15) is 33.6 Å². The first kappa shape index (κ1) is 17.9. The maximum Gasteiger partial charge on any atom is 0.337 e. The van der Waals surface area contributed by atoms with Crippen molar-refractivity contribution in [1.82, 2.24) is 4.98 Å². The van der Waals surface area contributed by atoms with Gasteiger partial charge in [0.05, 0.1) is 24.3 Å². The smallest absolute Gasteiger partial charge is 0.337 e. The predicted octanol–water partition coefficient (Wildman–Crippen LogP) is 2.71. The molecule has 2 N–H and O–H groups in total. The van der Waals surface area contributed by atoms with Crippen molar-refractivity contribution in [2.75, 3.05) is 30.9 Å². The number of methoxy groups -OCH3 is 1. The first-order valence-corrected chi connectivity index (χ1v) is 8.47. The summed E-state index contributed by atoms with van der Waals surface area (Å²) in [5, 5.41) is 5.98. The minimum Gasteiger partial charge on any atom is -0.465 e. The first-order valence-electron chi connectivity index (χ1n) is 8.47. The zero-order valence-corrected chi connectivity index (χ0v) is 14.5. The number of amides is 1. The number of anilines is 2. The van der Waals surface area contributed by atoms with Gasteiger partial charge in [-0.05, 0) is 49.2 Å². The van der Waals surface area contributed by atoms with Gasteiger partial charge < -0.3 is 20.1 Å². The molecule has 0 radical (unpaired) electrons. The largest absolute Gasteiger partial charge is 0.465 e. The van der Waals surface area contributed by atoms with Gasteiger partial charge in [0.15, 0.2) is 0 Å². The second-order valence-electron chi connectivity index (χ2n) is 5.97. The lowest BCUT2D eigenvalue weighted by molar-refractivity contribution is 0.0600. The monoisotopic (exact) mass is 355 g/mol. The number of hydrogen-bond donors (Lipinski definition) is 2. The summed E-state index contributed by atoms with van der Waals surface area (Å²) in [4.78, 5) is 28.0. The summed E-state index contributed by atoms with van der Waals surface area (Å²) in [7, 11) is 1.32. The lowest BCUT2D eigenvalue weighted by atomic mass is 10.2. The molecule has 1 aliphatic heterocycles. The molecule has 1 amide bonds. The Morgan fingerprint density at radius 1 is 1.19 bits per heavy atom. The molecule has 136 valence electrons.